The van der Waals surface area contributed by atoms with Crippen LogP contribution in [-0.4, -0.2) is 22.8 Å². The van der Waals surface area contributed by atoms with E-state index in [0.717, 1.165) is 11.1 Å². The summed E-state index contributed by atoms with van der Waals surface area (Å²) in [6.07, 6.45) is 0. The van der Waals surface area contributed by atoms with Gasteiger partial charge in [-0.3, -0.25) is 9.59 Å². The molecule has 0 saturated carbocycles. The first kappa shape index (κ1) is 19.6. The van der Waals surface area contributed by atoms with Crippen molar-refractivity contribution in [2.24, 2.45) is 0 Å². The molecule has 1 N–H and O–H groups in total. The number of amides is 1. The molecule has 0 aliphatic heterocycles. The predicted molar refractivity (Wildman–Crippen MR) is 110 cm³/mol. The first-order valence-corrected chi connectivity index (χ1v) is 9.30. The van der Waals surface area contributed by atoms with E-state index < -0.39 is 0 Å². The summed E-state index contributed by atoms with van der Waals surface area (Å²) >= 11 is 0. The normalized spacial score (nSPS) is 12.2. The van der Waals surface area contributed by atoms with Gasteiger partial charge in [0.1, 0.15) is 5.75 Å². The van der Waals surface area contributed by atoms with Crippen LogP contribution in [0.5, 0.6) is 5.75 Å². The Hall–Kier alpha value is -3.15. The molecule has 6 heteroatoms. The lowest BCUT2D eigenvalue weighted by molar-refractivity contribution is 0.0933. The SMILES string of the molecule is COc1ccc(C)cc1C(C)NC(=O)c1nn(C(C)C)c(=O)c2ccccc12. The van der Waals surface area contributed by atoms with Gasteiger partial charge in [-0.15, -0.1) is 0 Å². The van der Waals surface area contributed by atoms with Gasteiger partial charge in [0.25, 0.3) is 11.5 Å². The highest BCUT2D eigenvalue weighted by Crippen LogP contribution is 2.26. The first-order chi connectivity index (χ1) is 13.3. The Balaban J connectivity index is 2.04. The van der Waals surface area contributed by atoms with Crippen LogP contribution in [0.25, 0.3) is 10.8 Å². The zero-order valence-corrected chi connectivity index (χ0v) is 16.8. The standard InChI is InChI=1S/C22H25N3O3/c1-13(2)25-22(27)17-9-7-6-8-16(17)20(24-25)21(26)23-15(4)18-12-14(3)10-11-19(18)28-5/h6-13,15H,1-5H3,(H,23,26). The molecule has 2 aromatic carbocycles. The average Bonchev–Trinajstić information content (AvgIpc) is 2.68. The zero-order chi connectivity index (χ0) is 20.4. The quantitative estimate of drug-likeness (QED) is 0.732. The molecule has 1 unspecified atom stereocenters. The molecule has 28 heavy (non-hydrogen) atoms. The minimum absolute atomic E-state index is 0.155. The number of aromatic nitrogens is 2. The van der Waals surface area contributed by atoms with Crippen molar-refractivity contribution < 1.29 is 9.53 Å². The summed E-state index contributed by atoms with van der Waals surface area (Å²) in [7, 11) is 1.61. The topological polar surface area (TPSA) is 73.2 Å². The summed E-state index contributed by atoms with van der Waals surface area (Å²) in [4.78, 5) is 25.7. The Morgan fingerprint density at radius 1 is 1.11 bits per heavy atom. The number of ether oxygens (including phenoxy) is 1. The smallest absolute Gasteiger partial charge is 0.274 e. The maximum Gasteiger partial charge on any atom is 0.274 e. The number of hydrogen-bond donors (Lipinski definition) is 1. The van der Waals surface area contributed by atoms with E-state index >= 15 is 0 Å². The highest BCUT2D eigenvalue weighted by molar-refractivity contribution is 6.04. The van der Waals surface area contributed by atoms with Crippen LogP contribution < -0.4 is 15.6 Å². The third kappa shape index (κ3) is 3.63. The number of fused-ring (bicyclic) bond motifs is 1. The molecule has 1 atom stereocenters. The Morgan fingerprint density at radius 2 is 1.79 bits per heavy atom. The van der Waals surface area contributed by atoms with Gasteiger partial charge in [0.2, 0.25) is 0 Å². The van der Waals surface area contributed by atoms with E-state index in [0.29, 0.717) is 16.5 Å². The maximum absolute atomic E-state index is 13.1. The molecule has 0 bridgehead atoms. The van der Waals surface area contributed by atoms with Crippen LogP contribution in [0.4, 0.5) is 0 Å². The Labute approximate surface area is 164 Å². The number of carbonyl (C=O) groups is 1. The van der Waals surface area contributed by atoms with Gasteiger partial charge in [0.15, 0.2) is 5.69 Å². The van der Waals surface area contributed by atoms with Gasteiger partial charge in [-0.1, -0.05) is 35.9 Å². The predicted octanol–water partition coefficient (Wildman–Crippen LogP) is 3.79. The summed E-state index contributed by atoms with van der Waals surface area (Å²) in [5, 5.41) is 8.39. The lowest BCUT2D eigenvalue weighted by atomic mass is 10.0. The van der Waals surface area contributed by atoms with Crippen molar-refractivity contribution in [3.8, 4) is 5.75 Å². The molecule has 0 saturated heterocycles. The van der Waals surface area contributed by atoms with E-state index in [1.54, 1.807) is 31.4 Å². The lowest BCUT2D eigenvalue weighted by Crippen LogP contribution is -2.32. The Morgan fingerprint density at radius 3 is 2.43 bits per heavy atom. The van der Waals surface area contributed by atoms with Crippen molar-refractivity contribution in [2.75, 3.05) is 7.11 Å². The van der Waals surface area contributed by atoms with Crippen LogP contribution in [-0.2, 0) is 0 Å². The minimum Gasteiger partial charge on any atom is -0.496 e. The Kier molecular flexibility index (Phi) is 5.49. The summed E-state index contributed by atoms with van der Waals surface area (Å²) in [5.74, 6) is 0.380. The largest absolute Gasteiger partial charge is 0.496 e. The van der Waals surface area contributed by atoms with Crippen molar-refractivity contribution in [1.82, 2.24) is 15.1 Å². The number of carbonyl (C=O) groups excluding carboxylic acids is 1. The van der Waals surface area contributed by atoms with Crippen LogP contribution in [0.1, 0.15) is 54.5 Å². The van der Waals surface area contributed by atoms with Crippen LogP contribution in [0.15, 0.2) is 47.3 Å². The fourth-order valence-electron chi connectivity index (χ4n) is 3.26. The monoisotopic (exact) mass is 379 g/mol. The minimum atomic E-state index is -0.332. The molecule has 146 valence electrons. The maximum atomic E-state index is 13.1. The fraction of sp³-hybridized carbons (Fsp3) is 0.318. The molecule has 0 fully saturated rings. The molecular formula is C22H25N3O3. The summed E-state index contributed by atoms with van der Waals surface area (Å²) in [5.41, 5.74) is 2.00. The van der Waals surface area contributed by atoms with Gasteiger partial charge in [0, 0.05) is 10.9 Å². The summed E-state index contributed by atoms with van der Waals surface area (Å²) in [6.45, 7) is 7.62. The zero-order valence-electron chi connectivity index (χ0n) is 16.8. The summed E-state index contributed by atoms with van der Waals surface area (Å²) < 4.78 is 6.79. The lowest BCUT2D eigenvalue weighted by Gasteiger charge is -2.19. The van der Waals surface area contributed by atoms with Crippen molar-refractivity contribution in [1.29, 1.82) is 0 Å². The number of nitrogens with zero attached hydrogens (tertiary/aromatic N) is 2. The Bertz CT molecular complexity index is 1090. The van der Waals surface area contributed by atoms with Crippen molar-refractivity contribution >= 4 is 16.7 Å². The average molecular weight is 379 g/mol. The second-order valence-corrected chi connectivity index (χ2v) is 7.18. The number of aryl methyl sites for hydroxylation is 1. The number of rotatable bonds is 5. The number of methoxy groups -OCH3 is 1. The second-order valence-electron chi connectivity index (χ2n) is 7.18. The fourth-order valence-corrected chi connectivity index (χ4v) is 3.26. The third-order valence-electron chi connectivity index (χ3n) is 4.73. The number of nitrogens with one attached hydrogen (secondary N) is 1. The number of hydrogen-bond acceptors (Lipinski definition) is 4. The molecule has 1 heterocycles. The second kappa shape index (κ2) is 7.84. The first-order valence-electron chi connectivity index (χ1n) is 9.30. The van der Waals surface area contributed by atoms with Gasteiger partial charge in [-0.25, -0.2) is 4.68 Å². The van der Waals surface area contributed by atoms with Crippen molar-refractivity contribution in [2.45, 2.75) is 39.8 Å². The molecule has 0 spiro atoms. The van der Waals surface area contributed by atoms with E-state index in [1.165, 1.54) is 4.68 Å². The van der Waals surface area contributed by atoms with Crippen molar-refractivity contribution in [3.63, 3.8) is 0 Å². The van der Waals surface area contributed by atoms with Gasteiger partial charge in [0.05, 0.1) is 24.6 Å². The van der Waals surface area contributed by atoms with Gasteiger partial charge >= 0.3 is 0 Å². The molecule has 3 aromatic rings. The van der Waals surface area contributed by atoms with Gasteiger partial charge < -0.3 is 10.1 Å². The van der Waals surface area contributed by atoms with E-state index in [4.69, 9.17) is 4.74 Å². The van der Waals surface area contributed by atoms with Crippen LogP contribution >= 0.6 is 0 Å². The van der Waals surface area contributed by atoms with Crippen LogP contribution in [0.3, 0.4) is 0 Å². The highest BCUT2D eigenvalue weighted by atomic mass is 16.5. The van der Waals surface area contributed by atoms with E-state index in [9.17, 15) is 9.59 Å². The van der Waals surface area contributed by atoms with E-state index in [1.807, 2.05) is 45.9 Å². The van der Waals surface area contributed by atoms with Crippen molar-refractivity contribution in [3.05, 3.63) is 69.6 Å². The molecule has 1 amide bonds. The van der Waals surface area contributed by atoms with E-state index in [-0.39, 0.29) is 29.2 Å². The van der Waals surface area contributed by atoms with Gasteiger partial charge in [-0.05, 0) is 39.8 Å². The molecule has 1 aromatic heterocycles. The molecule has 6 nitrogen and oxygen atoms in total. The van der Waals surface area contributed by atoms with Crippen LogP contribution in [0.2, 0.25) is 0 Å². The molecule has 0 aliphatic carbocycles. The molecular weight excluding hydrogens is 354 g/mol. The third-order valence-corrected chi connectivity index (χ3v) is 4.73. The molecule has 0 aliphatic rings. The highest BCUT2D eigenvalue weighted by Gasteiger charge is 2.21. The summed E-state index contributed by atoms with van der Waals surface area (Å²) in [6, 6.07) is 12.5. The van der Waals surface area contributed by atoms with E-state index in [2.05, 4.69) is 10.4 Å². The number of benzene rings is 2. The molecule has 0 radical (unpaired) electrons. The molecule has 3 rings (SSSR count). The van der Waals surface area contributed by atoms with Crippen LogP contribution in [0, 0.1) is 6.92 Å². The van der Waals surface area contributed by atoms with Gasteiger partial charge in [-0.2, -0.15) is 5.10 Å².